The molecule has 0 saturated carbocycles. The van der Waals surface area contributed by atoms with E-state index in [1.165, 1.54) is 11.1 Å². The fraction of sp³-hybridized carbons (Fsp3) is 0.182. The van der Waals surface area contributed by atoms with Crippen LogP contribution in [0.3, 0.4) is 0 Å². The highest BCUT2D eigenvalue weighted by atomic mass is 16.1. The Hall–Kier alpha value is -2.94. The molecule has 0 spiro atoms. The Morgan fingerprint density at radius 3 is 2.56 bits per heavy atom. The van der Waals surface area contributed by atoms with Crippen molar-refractivity contribution in [1.82, 2.24) is 10.3 Å². The van der Waals surface area contributed by atoms with E-state index in [4.69, 9.17) is 0 Å². The van der Waals surface area contributed by atoms with Crippen molar-refractivity contribution in [1.29, 1.82) is 0 Å². The number of fused-ring (bicyclic) bond motifs is 1. The number of hydrogen-bond acceptors (Lipinski definition) is 2. The molecule has 25 heavy (non-hydrogen) atoms. The highest BCUT2D eigenvalue weighted by Crippen LogP contribution is 2.31. The predicted octanol–water partition coefficient (Wildman–Crippen LogP) is 4.47. The van der Waals surface area contributed by atoms with Gasteiger partial charge in [-0.2, -0.15) is 0 Å². The van der Waals surface area contributed by atoms with Crippen molar-refractivity contribution in [2.24, 2.45) is 0 Å². The first-order valence-electron chi connectivity index (χ1n) is 8.64. The summed E-state index contributed by atoms with van der Waals surface area (Å²) in [6, 6.07) is 22.2. The molecule has 3 aromatic rings. The maximum Gasteiger partial charge on any atom is 0.253 e. The smallest absolute Gasteiger partial charge is 0.253 e. The minimum atomic E-state index is -0.0497. The molecule has 0 fully saturated rings. The molecule has 1 aliphatic carbocycles. The Morgan fingerprint density at radius 2 is 1.76 bits per heavy atom. The van der Waals surface area contributed by atoms with Crippen molar-refractivity contribution < 1.29 is 4.79 Å². The summed E-state index contributed by atoms with van der Waals surface area (Å²) in [4.78, 5) is 17.4. The molecule has 1 heterocycles. The number of carbonyl (C=O) groups excluding carboxylic acids is 1. The molecule has 4 rings (SSSR count). The number of pyridine rings is 1. The largest absolute Gasteiger partial charge is 0.345 e. The van der Waals surface area contributed by atoms with E-state index in [0.29, 0.717) is 5.56 Å². The van der Waals surface area contributed by atoms with Gasteiger partial charge in [0, 0.05) is 5.56 Å². The molecule has 124 valence electrons. The maximum atomic E-state index is 12.7. The van der Waals surface area contributed by atoms with E-state index in [2.05, 4.69) is 28.5 Å². The number of amides is 1. The first-order valence-corrected chi connectivity index (χ1v) is 8.64. The minimum absolute atomic E-state index is 0.0497. The van der Waals surface area contributed by atoms with Crippen LogP contribution in [0.5, 0.6) is 0 Å². The van der Waals surface area contributed by atoms with Crippen molar-refractivity contribution in [3.05, 3.63) is 89.1 Å². The van der Waals surface area contributed by atoms with Crippen LogP contribution in [-0.2, 0) is 6.42 Å². The van der Waals surface area contributed by atoms with Crippen LogP contribution < -0.4 is 5.32 Å². The normalized spacial score (nSPS) is 15.6. The van der Waals surface area contributed by atoms with Gasteiger partial charge in [0.05, 0.1) is 23.0 Å². The van der Waals surface area contributed by atoms with Gasteiger partial charge >= 0.3 is 0 Å². The van der Waals surface area contributed by atoms with Gasteiger partial charge in [-0.3, -0.25) is 9.78 Å². The zero-order valence-corrected chi connectivity index (χ0v) is 14.2. The van der Waals surface area contributed by atoms with Crippen LogP contribution in [0, 0.1) is 6.92 Å². The van der Waals surface area contributed by atoms with E-state index in [1.807, 2.05) is 55.5 Å². The number of carbonyl (C=O) groups is 1. The summed E-state index contributed by atoms with van der Waals surface area (Å²) >= 11 is 0. The molecule has 1 N–H and O–H groups in total. The van der Waals surface area contributed by atoms with Crippen molar-refractivity contribution in [2.75, 3.05) is 0 Å². The summed E-state index contributed by atoms with van der Waals surface area (Å²) in [5, 5.41) is 3.17. The molecule has 1 aliphatic rings. The molecule has 3 heteroatoms. The Bertz CT molecular complexity index is 918. The lowest BCUT2D eigenvalue weighted by Crippen LogP contribution is -2.28. The zero-order chi connectivity index (χ0) is 17.2. The second kappa shape index (κ2) is 6.52. The van der Waals surface area contributed by atoms with Gasteiger partial charge < -0.3 is 5.32 Å². The molecule has 1 unspecified atom stereocenters. The molecule has 3 nitrogen and oxygen atoms in total. The highest BCUT2D eigenvalue weighted by Gasteiger charge is 2.24. The lowest BCUT2D eigenvalue weighted by molar-refractivity contribution is 0.0935. The SMILES string of the molecule is Cc1nc(-c2ccccc2)ccc1C(=O)NC1CCc2ccccc21. The summed E-state index contributed by atoms with van der Waals surface area (Å²) in [7, 11) is 0. The monoisotopic (exact) mass is 328 g/mol. The standard InChI is InChI=1S/C22H20N2O/c1-15-18(12-14-20(23-15)17-8-3-2-4-9-17)22(25)24-21-13-11-16-7-5-6-10-19(16)21/h2-10,12,14,21H,11,13H2,1H3,(H,24,25). The summed E-state index contributed by atoms with van der Waals surface area (Å²) < 4.78 is 0. The third-order valence-corrected chi connectivity index (χ3v) is 4.84. The second-order valence-corrected chi connectivity index (χ2v) is 6.46. The first kappa shape index (κ1) is 15.6. The lowest BCUT2D eigenvalue weighted by atomic mass is 10.1. The van der Waals surface area contributed by atoms with Crippen molar-refractivity contribution in [2.45, 2.75) is 25.8 Å². The van der Waals surface area contributed by atoms with Crippen LogP contribution >= 0.6 is 0 Å². The van der Waals surface area contributed by atoms with Gasteiger partial charge in [0.25, 0.3) is 5.91 Å². The molecule has 0 radical (unpaired) electrons. The van der Waals surface area contributed by atoms with Gasteiger partial charge in [-0.25, -0.2) is 0 Å². The van der Waals surface area contributed by atoms with Crippen LogP contribution in [0.15, 0.2) is 66.7 Å². The summed E-state index contributed by atoms with van der Waals surface area (Å²) in [5.74, 6) is -0.0497. The van der Waals surface area contributed by atoms with Crippen molar-refractivity contribution in [3.8, 4) is 11.3 Å². The van der Waals surface area contributed by atoms with Crippen LogP contribution in [0.4, 0.5) is 0 Å². The number of nitrogens with zero attached hydrogens (tertiary/aromatic N) is 1. The topological polar surface area (TPSA) is 42.0 Å². The van der Waals surface area contributed by atoms with E-state index < -0.39 is 0 Å². The fourth-order valence-corrected chi connectivity index (χ4v) is 3.51. The Labute approximate surface area is 147 Å². The number of aryl methyl sites for hydroxylation is 2. The van der Waals surface area contributed by atoms with Gasteiger partial charge in [-0.05, 0) is 43.0 Å². The Balaban J connectivity index is 1.55. The number of aromatic nitrogens is 1. The third-order valence-electron chi connectivity index (χ3n) is 4.84. The number of benzene rings is 2. The van der Waals surface area contributed by atoms with E-state index in [1.54, 1.807) is 0 Å². The molecule has 1 amide bonds. The van der Waals surface area contributed by atoms with E-state index in [-0.39, 0.29) is 11.9 Å². The molecular formula is C22H20N2O. The van der Waals surface area contributed by atoms with Gasteiger partial charge in [-0.1, -0.05) is 54.6 Å². The molecule has 0 bridgehead atoms. The molecular weight excluding hydrogens is 308 g/mol. The van der Waals surface area contributed by atoms with Crippen LogP contribution in [-0.4, -0.2) is 10.9 Å². The zero-order valence-electron chi connectivity index (χ0n) is 14.2. The van der Waals surface area contributed by atoms with Gasteiger partial charge in [0.1, 0.15) is 0 Å². The third kappa shape index (κ3) is 3.05. The number of nitrogens with one attached hydrogen (secondary N) is 1. The predicted molar refractivity (Wildman–Crippen MR) is 99.4 cm³/mol. The molecule has 0 aliphatic heterocycles. The molecule has 1 atom stereocenters. The van der Waals surface area contributed by atoms with Crippen molar-refractivity contribution in [3.63, 3.8) is 0 Å². The highest BCUT2D eigenvalue weighted by molar-refractivity contribution is 5.95. The lowest BCUT2D eigenvalue weighted by Gasteiger charge is -2.15. The van der Waals surface area contributed by atoms with Crippen LogP contribution in [0.25, 0.3) is 11.3 Å². The molecule has 1 aromatic heterocycles. The number of rotatable bonds is 3. The minimum Gasteiger partial charge on any atom is -0.345 e. The quantitative estimate of drug-likeness (QED) is 0.770. The summed E-state index contributed by atoms with van der Waals surface area (Å²) in [5.41, 5.74) is 5.92. The average Bonchev–Trinajstić information content (AvgIpc) is 3.05. The Kier molecular flexibility index (Phi) is 4.06. The van der Waals surface area contributed by atoms with Crippen LogP contribution in [0.2, 0.25) is 0 Å². The van der Waals surface area contributed by atoms with Gasteiger partial charge in [0.15, 0.2) is 0 Å². The van der Waals surface area contributed by atoms with E-state index in [0.717, 1.165) is 29.8 Å². The maximum absolute atomic E-state index is 12.7. The molecule has 0 saturated heterocycles. The average molecular weight is 328 g/mol. The van der Waals surface area contributed by atoms with E-state index in [9.17, 15) is 4.79 Å². The number of hydrogen-bond donors (Lipinski definition) is 1. The first-order chi connectivity index (χ1) is 12.2. The Morgan fingerprint density at radius 1 is 1.00 bits per heavy atom. The molecule has 2 aromatic carbocycles. The summed E-state index contributed by atoms with van der Waals surface area (Å²) in [6.07, 6.45) is 1.98. The van der Waals surface area contributed by atoms with E-state index >= 15 is 0 Å². The van der Waals surface area contributed by atoms with Gasteiger partial charge in [-0.15, -0.1) is 0 Å². The second-order valence-electron chi connectivity index (χ2n) is 6.46. The van der Waals surface area contributed by atoms with Gasteiger partial charge in [0.2, 0.25) is 0 Å². The van der Waals surface area contributed by atoms with Crippen LogP contribution in [0.1, 0.15) is 39.6 Å². The fourth-order valence-electron chi connectivity index (χ4n) is 3.51. The van der Waals surface area contributed by atoms with Crippen molar-refractivity contribution >= 4 is 5.91 Å². The summed E-state index contributed by atoms with van der Waals surface area (Å²) in [6.45, 7) is 1.89.